The van der Waals surface area contributed by atoms with E-state index in [1.54, 1.807) is 0 Å². The Balaban J connectivity index is 3.10. The van der Waals surface area contributed by atoms with Gasteiger partial charge in [-0.1, -0.05) is 11.6 Å². The number of hydrogen-bond acceptors (Lipinski definition) is 4. The first-order chi connectivity index (χ1) is 6.69. The Bertz CT molecular complexity index is 342. The van der Waals surface area contributed by atoms with Crippen LogP contribution in [0.2, 0.25) is 0 Å². The van der Waals surface area contributed by atoms with Crippen LogP contribution in [-0.4, -0.2) is 18.1 Å². The van der Waals surface area contributed by atoms with E-state index in [-0.39, 0.29) is 17.5 Å². The molecule has 0 radical (unpaired) electrons. The largest absolute Gasteiger partial charge is 0.497 e. The smallest absolute Gasteiger partial charge is 0.311 e. The summed E-state index contributed by atoms with van der Waals surface area (Å²) in [6.07, 6.45) is 0. The van der Waals surface area contributed by atoms with Crippen molar-refractivity contribution in [2.75, 3.05) is 13.2 Å². The summed E-state index contributed by atoms with van der Waals surface area (Å²) in [6, 6.07) is 4.06. The van der Waals surface area contributed by atoms with E-state index >= 15 is 0 Å². The van der Waals surface area contributed by atoms with Gasteiger partial charge in [-0.25, -0.2) is 0 Å². The summed E-state index contributed by atoms with van der Waals surface area (Å²) in [5, 5.41) is 10.5. The molecule has 5 nitrogen and oxygen atoms in total. The lowest BCUT2D eigenvalue weighted by molar-refractivity contribution is -0.385. The van der Waals surface area contributed by atoms with Crippen LogP contribution in [0.15, 0.2) is 18.2 Å². The molecule has 0 heterocycles. The van der Waals surface area contributed by atoms with Crippen LogP contribution in [0, 0.1) is 10.1 Å². The molecule has 0 unspecified atom stereocenters. The third-order valence-electron chi connectivity index (χ3n) is 1.57. The van der Waals surface area contributed by atoms with E-state index in [1.165, 1.54) is 25.3 Å². The number of alkyl halides is 1. The molecule has 0 aromatic heterocycles. The highest BCUT2D eigenvalue weighted by atomic mass is 35.5. The molecule has 0 fully saturated rings. The number of nitro groups is 1. The minimum absolute atomic E-state index is 0.101. The zero-order valence-electron chi connectivity index (χ0n) is 7.40. The fourth-order valence-electron chi connectivity index (χ4n) is 0.947. The Hall–Kier alpha value is -1.49. The van der Waals surface area contributed by atoms with Gasteiger partial charge in [0.05, 0.1) is 12.0 Å². The number of methoxy groups -OCH3 is 1. The van der Waals surface area contributed by atoms with Crippen LogP contribution in [0.3, 0.4) is 0 Å². The molecule has 0 spiro atoms. The van der Waals surface area contributed by atoms with Crippen molar-refractivity contribution in [1.29, 1.82) is 0 Å². The number of hydrogen-bond donors (Lipinski definition) is 0. The number of nitrogens with zero attached hydrogens (tertiary/aromatic N) is 1. The van der Waals surface area contributed by atoms with Gasteiger partial charge in [0.15, 0.2) is 6.07 Å². The summed E-state index contributed by atoms with van der Waals surface area (Å²) in [4.78, 5) is 10.00. The standard InChI is InChI=1S/C8H8ClNO4/c1-13-6-2-3-7(10(11)12)8(4-6)14-5-9/h2-4H,5H2,1H3. The number of nitro benzene ring substituents is 1. The van der Waals surface area contributed by atoms with Gasteiger partial charge in [-0.2, -0.15) is 0 Å². The first-order valence-electron chi connectivity index (χ1n) is 3.70. The van der Waals surface area contributed by atoms with Crippen molar-refractivity contribution in [3.05, 3.63) is 28.3 Å². The molecule has 1 rings (SSSR count). The number of halogens is 1. The van der Waals surface area contributed by atoms with E-state index in [0.717, 1.165) is 0 Å². The van der Waals surface area contributed by atoms with Crippen molar-refractivity contribution in [1.82, 2.24) is 0 Å². The summed E-state index contributed by atoms with van der Waals surface area (Å²) >= 11 is 5.32. The molecule has 14 heavy (non-hydrogen) atoms. The lowest BCUT2D eigenvalue weighted by Gasteiger charge is -2.05. The highest BCUT2D eigenvalue weighted by Crippen LogP contribution is 2.30. The third kappa shape index (κ3) is 2.26. The van der Waals surface area contributed by atoms with E-state index in [0.29, 0.717) is 5.75 Å². The molecule has 0 saturated carbocycles. The molecule has 6 heteroatoms. The lowest BCUT2D eigenvalue weighted by atomic mass is 10.3. The highest BCUT2D eigenvalue weighted by Gasteiger charge is 2.15. The fourth-order valence-corrected chi connectivity index (χ4v) is 1.06. The second-order valence-electron chi connectivity index (χ2n) is 2.34. The van der Waals surface area contributed by atoms with Crippen LogP contribution in [0.1, 0.15) is 0 Å². The molecule has 0 N–H and O–H groups in total. The average molecular weight is 218 g/mol. The van der Waals surface area contributed by atoms with Gasteiger partial charge in [0.2, 0.25) is 5.75 Å². The second-order valence-corrected chi connectivity index (χ2v) is 2.56. The highest BCUT2D eigenvalue weighted by molar-refractivity contribution is 6.17. The van der Waals surface area contributed by atoms with Gasteiger partial charge in [0, 0.05) is 12.1 Å². The summed E-state index contributed by atoms with van der Waals surface area (Å²) in [6.45, 7) is 0. The van der Waals surface area contributed by atoms with Crippen molar-refractivity contribution in [2.24, 2.45) is 0 Å². The normalized spacial score (nSPS) is 9.57. The average Bonchev–Trinajstić information content (AvgIpc) is 2.17. The van der Waals surface area contributed by atoms with E-state index in [2.05, 4.69) is 0 Å². The molecule has 1 aromatic carbocycles. The van der Waals surface area contributed by atoms with Crippen LogP contribution in [0.5, 0.6) is 11.5 Å². The van der Waals surface area contributed by atoms with Gasteiger partial charge >= 0.3 is 5.69 Å². The monoisotopic (exact) mass is 217 g/mol. The van der Waals surface area contributed by atoms with E-state index in [4.69, 9.17) is 21.1 Å². The maximum Gasteiger partial charge on any atom is 0.311 e. The van der Waals surface area contributed by atoms with Crippen LogP contribution in [0.25, 0.3) is 0 Å². The Labute approximate surface area is 85.3 Å². The SMILES string of the molecule is COc1ccc([N+](=O)[O-])c(OCCl)c1. The van der Waals surface area contributed by atoms with Crippen molar-refractivity contribution in [3.8, 4) is 11.5 Å². The molecule has 76 valence electrons. The predicted molar refractivity (Wildman–Crippen MR) is 51.0 cm³/mol. The molecule has 0 aliphatic rings. The quantitative estimate of drug-likeness (QED) is 0.441. The van der Waals surface area contributed by atoms with Crippen LogP contribution < -0.4 is 9.47 Å². The van der Waals surface area contributed by atoms with Crippen molar-refractivity contribution in [3.63, 3.8) is 0 Å². The molecule has 1 aromatic rings. The number of benzene rings is 1. The maximum absolute atomic E-state index is 10.5. The molecule has 0 atom stereocenters. The second kappa shape index (κ2) is 4.66. The van der Waals surface area contributed by atoms with Crippen LogP contribution >= 0.6 is 11.6 Å². The Kier molecular flexibility index (Phi) is 3.53. The molecule has 0 amide bonds. The molecular weight excluding hydrogens is 210 g/mol. The van der Waals surface area contributed by atoms with Crippen LogP contribution in [-0.2, 0) is 0 Å². The molecule has 0 aliphatic carbocycles. The first-order valence-corrected chi connectivity index (χ1v) is 4.23. The van der Waals surface area contributed by atoms with Crippen molar-refractivity contribution < 1.29 is 14.4 Å². The van der Waals surface area contributed by atoms with E-state index in [1.807, 2.05) is 0 Å². The topological polar surface area (TPSA) is 61.6 Å². The van der Waals surface area contributed by atoms with E-state index in [9.17, 15) is 10.1 Å². The molecule has 0 bridgehead atoms. The van der Waals surface area contributed by atoms with Crippen molar-refractivity contribution in [2.45, 2.75) is 0 Å². The van der Waals surface area contributed by atoms with Crippen molar-refractivity contribution >= 4 is 17.3 Å². The first kappa shape index (κ1) is 10.6. The summed E-state index contributed by atoms with van der Waals surface area (Å²) < 4.78 is 9.77. The minimum Gasteiger partial charge on any atom is -0.497 e. The van der Waals surface area contributed by atoms with Gasteiger partial charge in [0.25, 0.3) is 0 Å². The number of rotatable bonds is 4. The summed E-state index contributed by atoms with van der Waals surface area (Å²) in [5.41, 5.74) is -0.133. The van der Waals surface area contributed by atoms with Gasteiger partial charge in [0.1, 0.15) is 5.75 Å². The third-order valence-corrected chi connectivity index (χ3v) is 1.68. The zero-order valence-corrected chi connectivity index (χ0v) is 8.15. The Morgan fingerprint density at radius 2 is 2.29 bits per heavy atom. The van der Waals surface area contributed by atoms with E-state index < -0.39 is 4.92 Å². The van der Waals surface area contributed by atoms with Gasteiger partial charge in [-0.05, 0) is 6.07 Å². The predicted octanol–water partition coefficient (Wildman–Crippen LogP) is 2.18. The molecule has 0 saturated heterocycles. The minimum atomic E-state index is -0.540. The molecular formula is C8H8ClNO4. The zero-order chi connectivity index (χ0) is 10.6. The van der Waals surface area contributed by atoms with Crippen LogP contribution in [0.4, 0.5) is 5.69 Å². The van der Waals surface area contributed by atoms with Gasteiger partial charge in [-0.15, -0.1) is 0 Å². The molecule has 0 aliphatic heterocycles. The fraction of sp³-hybridized carbons (Fsp3) is 0.250. The summed E-state index contributed by atoms with van der Waals surface area (Å²) in [7, 11) is 1.46. The lowest BCUT2D eigenvalue weighted by Crippen LogP contribution is -1.96. The maximum atomic E-state index is 10.5. The van der Waals surface area contributed by atoms with Gasteiger partial charge in [-0.3, -0.25) is 10.1 Å². The Morgan fingerprint density at radius 1 is 1.57 bits per heavy atom. The number of ether oxygens (including phenoxy) is 2. The summed E-state index contributed by atoms with van der Waals surface area (Å²) in [5.74, 6) is 0.583. The Morgan fingerprint density at radius 3 is 2.79 bits per heavy atom. The van der Waals surface area contributed by atoms with Gasteiger partial charge < -0.3 is 9.47 Å².